The van der Waals surface area contributed by atoms with Crippen LogP contribution in [0.2, 0.25) is 0 Å². The molecule has 12 nitrogen and oxygen atoms in total. The van der Waals surface area contributed by atoms with E-state index < -0.39 is 81.5 Å². The largest absolute Gasteiger partial charge is 0.508 e. The number of fused-ring (bicyclic) bond motifs is 3. The van der Waals surface area contributed by atoms with Gasteiger partial charge in [0.1, 0.15) is 22.9 Å². The summed E-state index contributed by atoms with van der Waals surface area (Å²) in [6.07, 6.45) is 0.142. The van der Waals surface area contributed by atoms with Gasteiger partial charge in [0.15, 0.2) is 17.1 Å². The highest BCUT2D eigenvalue weighted by atomic mass is 19.1. The molecule has 0 radical (unpaired) electrons. The number of carbonyl (C=O) groups is 4. The Labute approximate surface area is 228 Å². The number of benzene rings is 1. The van der Waals surface area contributed by atoms with Gasteiger partial charge in [-0.3, -0.25) is 24.1 Å². The molecule has 4 aliphatic rings. The summed E-state index contributed by atoms with van der Waals surface area (Å²) in [5, 5.41) is 46.5. The van der Waals surface area contributed by atoms with Crippen LogP contribution in [-0.2, 0) is 25.6 Å². The molecular formula is C27H31FN4O8. The zero-order valence-electron chi connectivity index (χ0n) is 22.0. The molecule has 2 fully saturated rings. The number of anilines is 1. The van der Waals surface area contributed by atoms with Crippen LogP contribution in [0.15, 0.2) is 23.0 Å². The fraction of sp³-hybridized carbons (Fsp3) is 0.481. The molecule has 7 N–H and O–H groups in total. The van der Waals surface area contributed by atoms with Crippen LogP contribution in [0.1, 0.15) is 30.4 Å². The van der Waals surface area contributed by atoms with E-state index in [4.69, 9.17) is 5.73 Å². The average molecular weight is 559 g/mol. The molecule has 1 saturated heterocycles. The minimum atomic E-state index is -2.71. The number of likely N-dealkylation sites (tertiary alicyclic amines) is 1. The Bertz CT molecular complexity index is 1420. The standard InChI is InChI=1S/C27H31FN4O8/c1-31(2)13-3-4-32(9-13)10-18(34)30-16-8-15(28)14-6-11-5-12-7-17(33)21(26(29)39)25(38)27(12,40)24(37)19(11)23(36)20(14)22(16)35/h8,11-13,35-36,38,40H,3-7,9-10H2,1-2H3,(H2,29,39)(H,30,34)/t11?,12-,13-,27-/m0/s1. The molecule has 1 unspecified atom stereocenters. The summed E-state index contributed by atoms with van der Waals surface area (Å²) in [7, 11) is 3.90. The van der Waals surface area contributed by atoms with Gasteiger partial charge >= 0.3 is 0 Å². The van der Waals surface area contributed by atoms with E-state index in [0.29, 0.717) is 13.1 Å². The van der Waals surface area contributed by atoms with Gasteiger partial charge in [0.25, 0.3) is 5.91 Å². The van der Waals surface area contributed by atoms with E-state index in [0.717, 1.165) is 12.5 Å². The number of aliphatic hydroxyl groups is 3. The molecule has 2 amide bonds. The fourth-order valence-electron chi connectivity index (χ4n) is 6.51. The second kappa shape index (κ2) is 9.68. The van der Waals surface area contributed by atoms with Crippen molar-refractivity contribution in [3.8, 4) is 5.75 Å². The molecule has 1 aromatic carbocycles. The summed E-state index contributed by atoms with van der Waals surface area (Å²) in [6, 6.07) is 1.23. The van der Waals surface area contributed by atoms with Crippen LogP contribution >= 0.6 is 0 Å². The molecule has 5 rings (SSSR count). The minimum Gasteiger partial charge on any atom is -0.508 e. The summed E-state index contributed by atoms with van der Waals surface area (Å²) in [5.74, 6) is -9.37. The molecule has 3 aliphatic carbocycles. The van der Waals surface area contributed by atoms with Crippen molar-refractivity contribution >= 4 is 34.8 Å². The Hall–Kier alpha value is -3.81. The molecule has 1 heterocycles. The number of aromatic hydroxyl groups is 1. The topological polar surface area (TPSA) is 194 Å². The monoisotopic (exact) mass is 558 g/mol. The lowest BCUT2D eigenvalue weighted by Crippen LogP contribution is -2.58. The molecule has 0 spiro atoms. The van der Waals surface area contributed by atoms with E-state index in [-0.39, 0.29) is 42.3 Å². The van der Waals surface area contributed by atoms with Crippen molar-refractivity contribution in [1.82, 2.24) is 9.80 Å². The van der Waals surface area contributed by atoms with Gasteiger partial charge in [-0.2, -0.15) is 0 Å². The van der Waals surface area contributed by atoms with Crippen LogP contribution in [-0.4, -0.2) is 99.0 Å². The first-order valence-corrected chi connectivity index (χ1v) is 13.0. The maximum Gasteiger partial charge on any atom is 0.255 e. The second-order valence-electron chi connectivity index (χ2n) is 11.2. The van der Waals surface area contributed by atoms with Crippen LogP contribution in [0, 0.1) is 17.7 Å². The number of hydrogen-bond donors (Lipinski definition) is 6. The Morgan fingerprint density at radius 1 is 1.23 bits per heavy atom. The summed E-state index contributed by atoms with van der Waals surface area (Å²) >= 11 is 0. The summed E-state index contributed by atoms with van der Waals surface area (Å²) in [6.45, 7) is 1.35. The zero-order chi connectivity index (χ0) is 29.3. The molecule has 4 atom stereocenters. The highest BCUT2D eigenvalue weighted by Gasteiger charge is 2.60. The molecule has 1 aromatic rings. The maximum absolute atomic E-state index is 15.3. The third-order valence-electron chi connectivity index (χ3n) is 8.63. The number of rotatable bonds is 5. The van der Waals surface area contributed by atoms with Gasteiger partial charge in [-0.15, -0.1) is 0 Å². The van der Waals surface area contributed by atoms with Crippen molar-refractivity contribution in [2.45, 2.75) is 37.3 Å². The number of amides is 2. The van der Waals surface area contributed by atoms with Gasteiger partial charge < -0.3 is 36.4 Å². The van der Waals surface area contributed by atoms with Crippen molar-refractivity contribution < 1.29 is 44.0 Å². The van der Waals surface area contributed by atoms with Crippen LogP contribution in [0.3, 0.4) is 0 Å². The fourth-order valence-corrected chi connectivity index (χ4v) is 6.51. The van der Waals surface area contributed by atoms with E-state index in [9.17, 15) is 39.6 Å². The Kier molecular flexibility index (Phi) is 6.71. The number of phenolic OH excluding ortho intramolecular Hbond substituents is 1. The highest BCUT2D eigenvalue weighted by Crippen LogP contribution is 2.53. The number of primary amides is 1. The van der Waals surface area contributed by atoms with Crippen LogP contribution in [0.4, 0.5) is 10.1 Å². The lowest BCUT2D eigenvalue weighted by Gasteiger charge is -2.46. The average Bonchev–Trinajstić information content (AvgIpc) is 3.33. The Morgan fingerprint density at radius 3 is 2.55 bits per heavy atom. The number of hydrogen-bond acceptors (Lipinski definition) is 10. The summed E-state index contributed by atoms with van der Waals surface area (Å²) in [5.41, 5.74) is 0.359. The zero-order valence-corrected chi connectivity index (χ0v) is 22.0. The van der Waals surface area contributed by atoms with Gasteiger partial charge in [0.2, 0.25) is 11.7 Å². The van der Waals surface area contributed by atoms with Crippen molar-refractivity contribution in [1.29, 1.82) is 0 Å². The Morgan fingerprint density at radius 2 is 1.93 bits per heavy atom. The lowest BCUT2D eigenvalue weighted by molar-refractivity contribution is -0.147. The molecule has 214 valence electrons. The number of carbonyl (C=O) groups excluding carboxylic acids is 4. The maximum atomic E-state index is 15.3. The first kappa shape index (κ1) is 27.7. The van der Waals surface area contributed by atoms with Crippen molar-refractivity contribution in [2.24, 2.45) is 17.6 Å². The Balaban J connectivity index is 1.49. The molecular weight excluding hydrogens is 527 g/mol. The van der Waals surface area contributed by atoms with Crippen molar-refractivity contribution in [3.05, 3.63) is 39.9 Å². The number of aliphatic hydroxyl groups excluding tert-OH is 2. The van der Waals surface area contributed by atoms with E-state index in [2.05, 4.69) is 10.2 Å². The van der Waals surface area contributed by atoms with Gasteiger partial charge in [-0.1, -0.05) is 0 Å². The van der Waals surface area contributed by atoms with Crippen molar-refractivity contribution in [3.63, 3.8) is 0 Å². The number of nitrogens with zero attached hydrogens (tertiary/aromatic N) is 2. The number of ketones is 2. The summed E-state index contributed by atoms with van der Waals surface area (Å²) in [4.78, 5) is 54.5. The lowest BCUT2D eigenvalue weighted by atomic mass is 9.59. The molecule has 0 bridgehead atoms. The van der Waals surface area contributed by atoms with Gasteiger partial charge in [-0.05, 0) is 39.3 Å². The predicted octanol–water partition coefficient (Wildman–Crippen LogP) is 0.137. The van der Waals surface area contributed by atoms with Gasteiger partial charge in [0.05, 0.1) is 17.8 Å². The molecule has 1 saturated carbocycles. The van der Waals surface area contributed by atoms with E-state index in [1.54, 1.807) is 0 Å². The predicted molar refractivity (Wildman–Crippen MR) is 139 cm³/mol. The van der Waals surface area contributed by atoms with Gasteiger partial charge in [0, 0.05) is 48.7 Å². The number of likely N-dealkylation sites (N-methyl/N-ethyl adjacent to an activating group) is 1. The SMILES string of the molecule is CN(C)[C@H]1CCN(CC(=O)Nc2cc(F)c3c(c2O)C(O)=C2C(=O)[C@]4(O)C(O)=C(C(N)=O)C(=O)C[C@@H]4CC2C3)C1. The third kappa shape index (κ3) is 4.16. The van der Waals surface area contributed by atoms with Crippen LogP contribution in [0.25, 0.3) is 5.76 Å². The highest BCUT2D eigenvalue weighted by molar-refractivity contribution is 6.22. The number of nitrogens with two attached hydrogens (primary N) is 1. The van der Waals surface area contributed by atoms with E-state index in [1.165, 1.54) is 0 Å². The summed E-state index contributed by atoms with van der Waals surface area (Å²) < 4.78 is 15.3. The third-order valence-corrected chi connectivity index (χ3v) is 8.63. The van der Waals surface area contributed by atoms with Crippen molar-refractivity contribution in [2.75, 3.05) is 39.0 Å². The number of halogens is 1. The quantitative estimate of drug-likeness (QED) is 0.214. The van der Waals surface area contributed by atoms with Crippen LogP contribution < -0.4 is 11.1 Å². The molecule has 40 heavy (non-hydrogen) atoms. The molecule has 13 heteroatoms. The van der Waals surface area contributed by atoms with Gasteiger partial charge in [-0.25, -0.2) is 4.39 Å². The normalized spacial score (nSPS) is 28.5. The first-order valence-electron chi connectivity index (χ1n) is 13.0. The molecule has 0 aromatic heterocycles. The van der Waals surface area contributed by atoms with Crippen LogP contribution in [0.5, 0.6) is 5.75 Å². The van der Waals surface area contributed by atoms with E-state index >= 15 is 4.39 Å². The number of nitrogens with one attached hydrogen (secondary N) is 1. The second-order valence-corrected chi connectivity index (χ2v) is 11.2. The van der Waals surface area contributed by atoms with E-state index in [1.807, 2.05) is 19.0 Å². The smallest absolute Gasteiger partial charge is 0.255 e. The minimum absolute atomic E-state index is 0.00291. The number of Topliss-reactive ketones (excluding diaryl/α,β-unsaturated/α-hetero) is 2. The molecule has 1 aliphatic heterocycles. The first-order chi connectivity index (χ1) is 18.7. The number of phenols is 1.